The SMILES string of the molecule is COCCCC(N)C(=O)O.Cl. The Morgan fingerprint density at radius 1 is 1.73 bits per heavy atom. The van der Waals surface area contributed by atoms with Crippen LogP contribution in [0.25, 0.3) is 0 Å². The van der Waals surface area contributed by atoms with E-state index in [1.807, 2.05) is 0 Å². The first kappa shape index (κ1) is 13.3. The van der Waals surface area contributed by atoms with Gasteiger partial charge in [0.1, 0.15) is 6.04 Å². The molecule has 0 rings (SSSR count). The van der Waals surface area contributed by atoms with Gasteiger partial charge in [0.2, 0.25) is 0 Å². The van der Waals surface area contributed by atoms with Gasteiger partial charge in [-0.15, -0.1) is 12.4 Å². The number of carboxylic acid groups (broad SMARTS) is 1. The molecule has 0 aromatic rings. The average molecular weight is 184 g/mol. The summed E-state index contributed by atoms with van der Waals surface area (Å²) >= 11 is 0. The largest absolute Gasteiger partial charge is 0.480 e. The summed E-state index contributed by atoms with van der Waals surface area (Å²) in [5, 5.41) is 8.32. The molecule has 0 aromatic carbocycles. The zero-order valence-electron chi connectivity index (χ0n) is 6.45. The van der Waals surface area contributed by atoms with Crippen LogP contribution in [0.5, 0.6) is 0 Å². The quantitative estimate of drug-likeness (QED) is 0.600. The summed E-state index contributed by atoms with van der Waals surface area (Å²) in [6.07, 6.45) is 1.17. The van der Waals surface area contributed by atoms with Crippen LogP contribution in [0.1, 0.15) is 12.8 Å². The molecule has 0 aromatic heterocycles. The summed E-state index contributed by atoms with van der Waals surface area (Å²) < 4.78 is 4.72. The third-order valence-electron chi connectivity index (χ3n) is 1.18. The van der Waals surface area contributed by atoms with E-state index in [1.54, 1.807) is 7.11 Å². The fourth-order valence-electron chi connectivity index (χ4n) is 0.571. The van der Waals surface area contributed by atoms with E-state index in [4.69, 9.17) is 15.6 Å². The first-order valence-corrected chi connectivity index (χ1v) is 3.15. The van der Waals surface area contributed by atoms with Crippen LogP contribution in [0.4, 0.5) is 0 Å². The fourth-order valence-corrected chi connectivity index (χ4v) is 0.571. The molecule has 0 amide bonds. The number of carboxylic acids is 1. The molecule has 0 saturated carbocycles. The molecule has 5 heteroatoms. The highest BCUT2D eigenvalue weighted by Crippen LogP contribution is 1.93. The molecule has 0 radical (unpaired) electrons. The minimum absolute atomic E-state index is 0. The van der Waals surface area contributed by atoms with Gasteiger partial charge in [-0.2, -0.15) is 0 Å². The average Bonchev–Trinajstić information content (AvgIpc) is 1.88. The lowest BCUT2D eigenvalue weighted by atomic mass is 10.2. The molecule has 0 heterocycles. The van der Waals surface area contributed by atoms with Crippen LogP contribution >= 0.6 is 12.4 Å². The maximum absolute atomic E-state index is 10.1. The molecule has 68 valence electrons. The molecule has 4 nitrogen and oxygen atoms in total. The Bertz CT molecular complexity index is 110. The second-order valence-corrected chi connectivity index (χ2v) is 2.08. The number of nitrogens with two attached hydrogens (primary N) is 1. The van der Waals surface area contributed by atoms with E-state index in [0.717, 1.165) is 0 Å². The van der Waals surface area contributed by atoms with Crippen molar-refractivity contribution in [3.05, 3.63) is 0 Å². The Morgan fingerprint density at radius 3 is 2.64 bits per heavy atom. The Morgan fingerprint density at radius 2 is 2.27 bits per heavy atom. The van der Waals surface area contributed by atoms with Crippen LogP contribution in [0.3, 0.4) is 0 Å². The molecule has 0 saturated heterocycles. The van der Waals surface area contributed by atoms with E-state index in [2.05, 4.69) is 0 Å². The molecule has 1 unspecified atom stereocenters. The molecule has 0 aliphatic rings. The third kappa shape index (κ3) is 7.58. The number of methoxy groups -OCH3 is 1. The summed E-state index contributed by atoms with van der Waals surface area (Å²) in [5.74, 6) is -0.948. The van der Waals surface area contributed by atoms with E-state index >= 15 is 0 Å². The van der Waals surface area contributed by atoms with Crippen molar-refractivity contribution < 1.29 is 14.6 Å². The second kappa shape index (κ2) is 7.78. The van der Waals surface area contributed by atoms with Gasteiger partial charge in [0.05, 0.1) is 0 Å². The van der Waals surface area contributed by atoms with Crippen molar-refractivity contribution in [2.75, 3.05) is 13.7 Å². The smallest absolute Gasteiger partial charge is 0.320 e. The molecule has 0 aliphatic heterocycles. The molecular formula is C6H14ClNO3. The maximum Gasteiger partial charge on any atom is 0.320 e. The minimum atomic E-state index is -0.948. The molecule has 0 aliphatic carbocycles. The van der Waals surface area contributed by atoms with Gasteiger partial charge in [-0.05, 0) is 12.8 Å². The van der Waals surface area contributed by atoms with Gasteiger partial charge >= 0.3 is 5.97 Å². The van der Waals surface area contributed by atoms with Gasteiger partial charge in [0.25, 0.3) is 0 Å². The highest BCUT2D eigenvalue weighted by Gasteiger charge is 2.09. The van der Waals surface area contributed by atoms with Crippen LogP contribution in [0.2, 0.25) is 0 Å². The summed E-state index contributed by atoms with van der Waals surface area (Å²) in [6.45, 7) is 0.570. The van der Waals surface area contributed by atoms with Gasteiger partial charge in [-0.1, -0.05) is 0 Å². The van der Waals surface area contributed by atoms with Crippen molar-refractivity contribution in [1.29, 1.82) is 0 Å². The Hall–Kier alpha value is -0.320. The first-order chi connectivity index (χ1) is 4.68. The number of hydrogen-bond donors (Lipinski definition) is 2. The highest BCUT2D eigenvalue weighted by atomic mass is 35.5. The molecule has 3 N–H and O–H groups in total. The van der Waals surface area contributed by atoms with Crippen molar-refractivity contribution in [2.45, 2.75) is 18.9 Å². The molecule has 11 heavy (non-hydrogen) atoms. The van der Waals surface area contributed by atoms with E-state index in [0.29, 0.717) is 19.4 Å². The van der Waals surface area contributed by atoms with Crippen molar-refractivity contribution in [3.8, 4) is 0 Å². The van der Waals surface area contributed by atoms with Crippen LogP contribution in [0.15, 0.2) is 0 Å². The molecule has 0 fully saturated rings. The number of hydrogen-bond acceptors (Lipinski definition) is 3. The predicted molar refractivity (Wildman–Crippen MR) is 44.0 cm³/mol. The van der Waals surface area contributed by atoms with Crippen molar-refractivity contribution in [2.24, 2.45) is 5.73 Å². The number of aliphatic carboxylic acids is 1. The number of carbonyl (C=O) groups is 1. The lowest BCUT2D eigenvalue weighted by molar-refractivity contribution is -0.138. The van der Waals surface area contributed by atoms with Crippen molar-refractivity contribution in [3.63, 3.8) is 0 Å². The van der Waals surface area contributed by atoms with Crippen molar-refractivity contribution >= 4 is 18.4 Å². The number of ether oxygens (including phenoxy) is 1. The summed E-state index contributed by atoms with van der Waals surface area (Å²) in [5.41, 5.74) is 5.20. The number of rotatable bonds is 5. The van der Waals surface area contributed by atoms with Gasteiger partial charge in [-0.25, -0.2) is 0 Å². The lowest BCUT2D eigenvalue weighted by Crippen LogP contribution is -2.30. The van der Waals surface area contributed by atoms with E-state index in [1.165, 1.54) is 0 Å². The molecular weight excluding hydrogens is 170 g/mol. The normalized spacial score (nSPS) is 11.8. The minimum Gasteiger partial charge on any atom is -0.480 e. The van der Waals surface area contributed by atoms with Gasteiger partial charge in [0.15, 0.2) is 0 Å². The van der Waals surface area contributed by atoms with Crippen molar-refractivity contribution in [1.82, 2.24) is 0 Å². The van der Waals surface area contributed by atoms with Crippen LogP contribution < -0.4 is 5.73 Å². The van der Waals surface area contributed by atoms with E-state index in [9.17, 15) is 4.79 Å². The summed E-state index contributed by atoms with van der Waals surface area (Å²) in [4.78, 5) is 10.1. The monoisotopic (exact) mass is 183 g/mol. The molecule has 0 spiro atoms. The van der Waals surface area contributed by atoms with Gasteiger partial charge in [0, 0.05) is 13.7 Å². The highest BCUT2D eigenvalue weighted by molar-refractivity contribution is 5.85. The van der Waals surface area contributed by atoms with E-state index in [-0.39, 0.29) is 12.4 Å². The van der Waals surface area contributed by atoms with Gasteiger partial charge in [-0.3, -0.25) is 4.79 Å². The molecule has 1 atom stereocenters. The van der Waals surface area contributed by atoms with E-state index < -0.39 is 12.0 Å². The van der Waals surface area contributed by atoms with Gasteiger partial charge < -0.3 is 15.6 Å². The van der Waals surface area contributed by atoms with Crippen LogP contribution in [-0.4, -0.2) is 30.8 Å². The number of halogens is 1. The Labute approximate surface area is 72.1 Å². The van der Waals surface area contributed by atoms with Crippen LogP contribution in [-0.2, 0) is 9.53 Å². The zero-order valence-corrected chi connectivity index (χ0v) is 7.26. The maximum atomic E-state index is 10.1. The fraction of sp³-hybridized carbons (Fsp3) is 0.833. The summed E-state index contributed by atoms with van der Waals surface area (Å²) in [7, 11) is 1.58. The first-order valence-electron chi connectivity index (χ1n) is 3.15. The lowest BCUT2D eigenvalue weighted by Gasteiger charge is -2.03. The van der Waals surface area contributed by atoms with Crippen LogP contribution in [0, 0.1) is 0 Å². The molecule has 0 bridgehead atoms. The predicted octanol–water partition coefficient (Wildman–Crippen LogP) is 0.247. The topological polar surface area (TPSA) is 72.5 Å². The Balaban J connectivity index is 0. The Kier molecular flexibility index (Phi) is 9.40. The standard InChI is InChI=1S/C6H13NO3.ClH/c1-10-4-2-3-5(7)6(8)9;/h5H,2-4,7H2,1H3,(H,8,9);1H. The third-order valence-corrected chi connectivity index (χ3v) is 1.18. The second-order valence-electron chi connectivity index (χ2n) is 2.08. The zero-order chi connectivity index (χ0) is 7.98. The summed E-state index contributed by atoms with van der Waals surface area (Å²) in [6, 6.07) is -0.741.